The summed E-state index contributed by atoms with van der Waals surface area (Å²) in [6, 6.07) is 3.60. The lowest BCUT2D eigenvalue weighted by molar-refractivity contribution is 0.0937. The van der Waals surface area contributed by atoms with E-state index in [0.717, 1.165) is 23.5 Å². The summed E-state index contributed by atoms with van der Waals surface area (Å²) in [7, 11) is -3.58. The first-order chi connectivity index (χ1) is 13.6. The Bertz CT molecular complexity index is 1200. The molecule has 8 nitrogen and oxygen atoms in total. The fourth-order valence-corrected chi connectivity index (χ4v) is 3.51. The lowest BCUT2D eigenvalue weighted by atomic mass is 10.2. The third-order valence-electron chi connectivity index (χ3n) is 3.86. The van der Waals surface area contributed by atoms with Gasteiger partial charge >= 0.3 is 0 Å². The molecular weight excluding hydrogens is 460 g/mol. The van der Waals surface area contributed by atoms with Crippen LogP contribution >= 0.6 is 25.1 Å². The molecule has 1 atom stereocenters. The molecule has 0 radical (unpaired) electrons. The lowest BCUT2D eigenvalue weighted by Crippen LogP contribution is -2.29. The molecule has 2 aromatic heterocycles. The summed E-state index contributed by atoms with van der Waals surface area (Å²) in [5.41, 5.74) is 0.0157. The minimum atomic E-state index is -3.58. The number of carbonyl (C=O) groups excluding carboxylic acids is 1. The van der Waals surface area contributed by atoms with E-state index in [2.05, 4.69) is 20.4 Å². The van der Waals surface area contributed by atoms with Crippen molar-refractivity contribution in [2.24, 2.45) is 0 Å². The monoisotopic (exact) mass is 475 g/mol. The van der Waals surface area contributed by atoms with Crippen LogP contribution in [-0.4, -0.2) is 40.3 Å². The third kappa shape index (κ3) is 5.12. The number of sulfone groups is 1. The molecule has 3 rings (SSSR count). The van der Waals surface area contributed by atoms with Crippen molar-refractivity contribution in [3.63, 3.8) is 0 Å². The van der Waals surface area contributed by atoms with Crippen molar-refractivity contribution in [3.8, 4) is 5.82 Å². The summed E-state index contributed by atoms with van der Waals surface area (Å²) in [4.78, 5) is 20.1. The van der Waals surface area contributed by atoms with Gasteiger partial charge in [0.25, 0.3) is 5.91 Å². The average Bonchev–Trinajstić information content (AvgIpc) is 3.10. The van der Waals surface area contributed by atoms with E-state index < -0.39 is 33.4 Å². The second kappa shape index (κ2) is 9.06. The topological polar surface area (TPSA) is 107 Å². The van der Waals surface area contributed by atoms with Crippen LogP contribution in [0.25, 0.3) is 5.82 Å². The Hall–Kier alpha value is -2.57. The maximum Gasteiger partial charge on any atom is 0.251 e. The Morgan fingerprint density at radius 3 is 2.53 bits per heavy atom. The first kappa shape index (κ1) is 23.7. The van der Waals surface area contributed by atoms with E-state index in [1.54, 1.807) is 6.92 Å². The number of carbonyl (C=O) groups is 1. The third-order valence-corrected chi connectivity index (χ3v) is 5.17. The molecule has 0 aliphatic heterocycles. The van der Waals surface area contributed by atoms with Crippen molar-refractivity contribution in [1.82, 2.24) is 25.1 Å². The molecule has 3 aromatic rings. The maximum atomic E-state index is 14.0. The molecule has 1 N–H and O–H groups in total. The van der Waals surface area contributed by atoms with Crippen molar-refractivity contribution in [2.45, 2.75) is 17.9 Å². The van der Waals surface area contributed by atoms with E-state index >= 15 is 0 Å². The summed E-state index contributed by atoms with van der Waals surface area (Å²) in [6.45, 7) is 1.56. The molecule has 0 bridgehead atoms. The van der Waals surface area contributed by atoms with Gasteiger partial charge in [0.2, 0.25) is 0 Å². The van der Waals surface area contributed by atoms with E-state index in [4.69, 9.17) is 11.6 Å². The lowest BCUT2D eigenvalue weighted by Gasteiger charge is -2.15. The molecule has 0 aliphatic rings. The van der Waals surface area contributed by atoms with Gasteiger partial charge in [0, 0.05) is 22.9 Å². The van der Waals surface area contributed by atoms with Crippen LogP contribution in [0.3, 0.4) is 0 Å². The Balaban J connectivity index is 0.00000320. The normalized spacial score (nSPS) is 12.2. The number of amides is 1. The minimum absolute atomic E-state index is 0. The highest BCUT2D eigenvalue weighted by Gasteiger charge is 2.21. The van der Waals surface area contributed by atoms with E-state index in [1.165, 1.54) is 18.2 Å². The van der Waals surface area contributed by atoms with Gasteiger partial charge in [-0.05, 0) is 25.1 Å². The number of aromatic nitrogens is 4. The summed E-state index contributed by atoms with van der Waals surface area (Å²) in [5.74, 6) is -2.60. The van der Waals surface area contributed by atoms with E-state index in [1.807, 2.05) is 0 Å². The fourth-order valence-electron chi connectivity index (χ4n) is 2.52. The largest absolute Gasteiger partial charge is 0.342 e. The Morgan fingerprint density at radius 2 is 1.90 bits per heavy atom. The first-order valence-electron chi connectivity index (χ1n) is 8.09. The average molecular weight is 476 g/mol. The Labute approximate surface area is 182 Å². The van der Waals surface area contributed by atoms with Gasteiger partial charge in [-0.2, -0.15) is 23.3 Å². The van der Waals surface area contributed by atoms with Gasteiger partial charge < -0.3 is 5.32 Å². The number of benzene rings is 1. The van der Waals surface area contributed by atoms with Gasteiger partial charge in [-0.3, -0.25) is 4.79 Å². The van der Waals surface area contributed by atoms with Crippen molar-refractivity contribution in [3.05, 3.63) is 64.8 Å². The number of halogens is 3. The molecule has 2 heterocycles. The van der Waals surface area contributed by atoms with Crippen molar-refractivity contribution < 1.29 is 22.0 Å². The van der Waals surface area contributed by atoms with Gasteiger partial charge in [-0.15, -0.1) is 0 Å². The van der Waals surface area contributed by atoms with Gasteiger partial charge in [0.1, 0.15) is 12.1 Å². The second-order valence-electron chi connectivity index (χ2n) is 6.13. The van der Waals surface area contributed by atoms with E-state index in [-0.39, 0.29) is 40.6 Å². The van der Waals surface area contributed by atoms with Crippen LogP contribution in [0.5, 0.6) is 0 Å². The van der Waals surface area contributed by atoms with Gasteiger partial charge in [0.15, 0.2) is 27.3 Å². The maximum absolute atomic E-state index is 14.0. The predicted molar refractivity (Wildman–Crippen MR) is 110 cm³/mol. The molecule has 0 saturated carbocycles. The number of rotatable bonds is 5. The summed E-state index contributed by atoms with van der Waals surface area (Å²) in [5, 5.41) is 6.55. The molecule has 1 amide bonds. The van der Waals surface area contributed by atoms with Crippen LogP contribution in [0.1, 0.15) is 29.1 Å². The van der Waals surface area contributed by atoms with Crippen molar-refractivity contribution >= 4 is 40.8 Å². The zero-order chi connectivity index (χ0) is 21.3. The molecule has 0 spiro atoms. The molecule has 13 heteroatoms. The molecular formula is C17H16ClF2N5O3S2. The zero-order valence-electron chi connectivity index (χ0n) is 15.6. The summed E-state index contributed by atoms with van der Waals surface area (Å²) < 4.78 is 51.7. The standard InChI is InChI=1S/C17H14ClF2N5O3S.H2S/c1-9(15-22-8-23-25(15)16-14(20)6-12(19)7-21-16)24-17(26)10-3-11(18)5-13(4-10)29(2,27)28;/h3-9H,1-2H3,(H,24,26);1H2/t9-;/m1./s1. The molecule has 0 aliphatic carbocycles. The minimum Gasteiger partial charge on any atom is -0.342 e. The quantitative estimate of drug-likeness (QED) is 0.608. The fraction of sp³-hybridized carbons (Fsp3) is 0.176. The summed E-state index contributed by atoms with van der Waals surface area (Å²) in [6.07, 6.45) is 2.95. The zero-order valence-corrected chi connectivity index (χ0v) is 18.2. The molecule has 0 unspecified atom stereocenters. The molecule has 160 valence electrons. The van der Waals surface area contributed by atoms with E-state index in [9.17, 15) is 22.0 Å². The molecule has 30 heavy (non-hydrogen) atoms. The number of pyridine rings is 1. The molecule has 1 aromatic carbocycles. The second-order valence-corrected chi connectivity index (χ2v) is 8.58. The Kier molecular flexibility index (Phi) is 7.16. The van der Waals surface area contributed by atoms with Crippen LogP contribution < -0.4 is 5.32 Å². The SMILES string of the molecule is C[C@@H](NC(=O)c1cc(Cl)cc(S(C)(=O)=O)c1)c1ncnn1-c1ncc(F)cc1F.S. The first-order valence-corrected chi connectivity index (χ1v) is 10.4. The molecule has 0 fully saturated rings. The van der Waals surface area contributed by atoms with Crippen LogP contribution in [-0.2, 0) is 9.84 Å². The van der Waals surface area contributed by atoms with Gasteiger partial charge in [0.05, 0.1) is 17.1 Å². The van der Waals surface area contributed by atoms with Crippen LogP contribution in [0.4, 0.5) is 8.78 Å². The van der Waals surface area contributed by atoms with Crippen LogP contribution in [0.2, 0.25) is 5.02 Å². The Morgan fingerprint density at radius 1 is 1.20 bits per heavy atom. The van der Waals surface area contributed by atoms with Crippen molar-refractivity contribution in [1.29, 1.82) is 0 Å². The number of nitrogens with zero attached hydrogens (tertiary/aromatic N) is 4. The van der Waals surface area contributed by atoms with E-state index in [0.29, 0.717) is 6.07 Å². The van der Waals surface area contributed by atoms with Gasteiger partial charge in [-0.1, -0.05) is 11.6 Å². The van der Waals surface area contributed by atoms with Crippen LogP contribution in [0, 0.1) is 11.6 Å². The van der Waals surface area contributed by atoms with Crippen LogP contribution in [0.15, 0.2) is 41.7 Å². The highest BCUT2D eigenvalue weighted by molar-refractivity contribution is 7.90. The number of hydrogen-bond acceptors (Lipinski definition) is 6. The predicted octanol–water partition coefficient (Wildman–Crippen LogP) is 2.60. The van der Waals surface area contributed by atoms with Gasteiger partial charge in [-0.25, -0.2) is 27.2 Å². The smallest absolute Gasteiger partial charge is 0.251 e. The highest BCUT2D eigenvalue weighted by Crippen LogP contribution is 2.21. The highest BCUT2D eigenvalue weighted by atomic mass is 35.5. The number of hydrogen-bond donors (Lipinski definition) is 1. The van der Waals surface area contributed by atoms with Crippen molar-refractivity contribution in [2.75, 3.05) is 6.26 Å². The summed E-state index contributed by atoms with van der Waals surface area (Å²) >= 11 is 5.92. The number of nitrogens with one attached hydrogen (secondary N) is 1. The molecule has 0 saturated heterocycles.